The topological polar surface area (TPSA) is 118 Å². The molecule has 2 aromatic carbocycles. The molecule has 4 aromatic rings. The third-order valence-electron chi connectivity index (χ3n) is 4.90. The Morgan fingerprint density at radius 2 is 1.64 bits per heavy atom. The summed E-state index contributed by atoms with van der Waals surface area (Å²) in [7, 11) is 2.03. The largest absolute Gasteiger partial charge is 0.496 e. The number of ether oxygens (including phenoxy) is 3. The molecule has 0 fully saturated rings. The third-order valence-corrected chi connectivity index (χ3v) is 6.32. The summed E-state index contributed by atoms with van der Waals surface area (Å²) >= 11 is 0. The van der Waals surface area contributed by atoms with Gasteiger partial charge in [0.15, 0.2) is 16.5 Å². The van der Waals surface area contributed by atoms with E-state index in [1.54, 1.807) is 23.0 Å². The summed E-state index contributed by atoms with van der Waals surface area (Å²) in [5, 5.41) is 8.07. The summed E-state index contributed by atoms with van der Waals surface area (Å²) in [4.78, 5) is -0.143. The van der Waals surface area contributed by atoms with E-state index in [4.69, 9.17) is 18.7 Å². The van der Waals surface area contributed by atoms with Crippen LogP contribution < -0.4 is 18.9 Å². The predicted octanol–water partition coefficient (Wildman–Crippen LogP) is 3.57. The Bertz CT molecular complexity index is 1370. The lowest BCUT2D eigenvalue weighted by molar-refractivity contribution is 0.373. The van der Waals surface area contributed by atoms with Crippen LogP contribution in [-0.2, 0) is 17.1 Å². The van der Waals surface area contributed by atoms with E-state index in [0.717, 1.165) is 11.1 Å². The van der Waals surface area contributed by atoms with Crippen LogP contribution in [0.25, 0.3) is 22.5 Å². The smallest absolute Gasteiger partial charge is 0.270 e. The van der Waals surface area contributed by atoms with Crippen LogP contribution in [-0.4, -0.2) is 44.7 Å². The van der Waals surface area contributed by atoms with E-state index < -0.39 is 10.0 Å². The average molecular weight is 471 g/mol. The normalized spacial score (nSPS) is 11.3. The van der Waals surface area contributed by atoms with Gasteiger partial charge in [-0.1, -0.05) is 17.3 Å². The molecular formula is C22H22N4O6S. The number of methoxy groups -OCH3 is 3. The van der Waals surface area contributed by atoms with Crippen LogP contribution in [0.5, 0.6) is 17.2 Å². The molecule has 1 N–H and O–H groups in total. The second-order valence-corrected chi connectivity index (χ2v) is 8.61. The second-order valence-electron chi connectivity index (χ2n) is 6.99. The van der Waals surface area contributed by atoms with Gasteiger partial charge >= 0.3 is 0 Å². The number of benzene rings is 2. The molecule has 2 heterocycles. The minimum Gasteiger partial charge on any atom is -0.496 e. The van der Waals surface area contributed by atoms with E-state index >= 15 is 0 Å². The number of anilines is 1. The lowest BCUT2D eigenvalue weighted by Gasteiger charge is -2.13. The zero-order valence-corrected chi connectivity index (χ0v) is 19.2. The molecule has 4 rings (SSSR count). The van der Waals surface area contributed by atoms with Gasteiger partial charge in [0.1, 0.15) is 17.2 Å². The second kappa shape index (κ2) is 8.87. The minimum absolute atomic E-state index is 0.00760. The SMILES string of the molecule is COc1ccc(-c2cnn(C)c2)cc1-c1cc(NS(=O)(=O)c2c(OC)cccc2OC)no1. The number of hydrogen-bond acceptors (Lipinski definition) is 8. The summed E-state index contributed by atoms with van der Waals surface area (Å²) in [5.74, 6) is 1.13. The van der Waals surface area contributed by atoms with E-state index in [1.807, 2.05) is 25.4 Å². The third kappa shape index (κ3) is 4.35. The number of nitrogens with one attached hydrogen (secondary N) is 1. The van der Waals surface area contributed by atoms with Gasteiger partial charge in [-0.15, -0.1) is 0 Å². The van der Waals surface area contributed by atoms with Crippen molar-refractivity contribution < 1.29 is 27.2 Å². The molecule has 2 aromatic heterocycles. The van der Waals surface area contributed by atoms with Crippen molar-refractivity contribution in [2.75, 3.05) is 26.1 Å². The lowest BCUT2D eigenvalue weighted by atomic mass is 10.0. The minimum atomic E-state index is -4.10. The molecule has 0 saturated heterocycles. The number of nitrogens with zero attached hydrogens (tertiary/aromatic N) is 3. The molecule has 0 aliphatic rings. The Hall–Kier alpha value is -3.99. The van der Waals surface area contributed by atoms with Gasteiger partial charge in [-0.2, -0.15) is 5.10 Å². The van der Waals surface area contributed by atoms with Gasteiger partial charge in [-0.25, -0.2) is 8.42 Å². The van der Waals surface area contributed by atoms with Gasteiger partial charge in [0.05, 0.1) is 33.1 Å². The Labute approximate surface area is 190 Å². The van der Waals surface area contributed by atoms with Crippen molar-refractivity contribution in [1.82, 2.24) is 14.9 Å². The molecule has 0 spiro atoms. The van der Waals surface area contributed by atoms with E-state index in [2.05, 4.69) is 15.0 Å². The summed E-state index contributed by atoms with van der Waals surface area (Å²) in [5.41, 5.74) is 2.40. The molecule has 0 aliphatic carbocycles. The van der Waals surface area contributed by atoms with Crippen molar-refractivity contribution in [3.8, 4) is 39.7 Å². The first-order valence-electron chi connectivity index (χ1n) is 9.74. The molecule has 0 atom stereocenters. The molecule has 10 nitrogen and oxygen atoms in total. The average Bonchev–Trinajstić information content (AvgIpc) is 3.46. The zero-order chi connectivity index (χ0) is 23.6. The van der Waals surface area contributed by atoms with Gasteiger partial charge < -0.3 is 18.7 Å². The number of hydrogen-bond donors (Lipinski definition) is 1. The summed E-state index contributed by atoms with van der Waals surface area (Å²) < 4.78 is 51.6. The number of aryl methyl sites for hydroxylation is 1. The van der Waals surface area contributed by atoms with Gasteiger partial charge in [-0.3, -0.25) is 9.40 Å². The molecule has 0 unspecified atom stereocenters. The van der Waals surface area contributed by atoms with Crippen LogP contribution in [0.2, 0.25) is 0 Å². The zero-order valence-electron chi connectivity index (χ0n) is 18.4. The fourth-order valence-corrected chi connectivity index (χ4v) is 4.68. The van der Waals surface area contributed by atoms with E-state index in [0.29, 0.717) is 17.1 Å². The molecule has 33 heavy (non-hydrogen) atoms. The lowest BCUT2D eigenvalue weighted by Crippen LogP contribution is -2.15. The van der Waals surface area contributed by atoms with Crippen LogP contribution in [0.4, 0.5) is 5.82 Å². The standard InChI is InChI=1S/C22H22N4O6S/c1-26-13-15(12-23-26)14-8-9-17(29-2)16(10-14)20-11-21(24-32-20)25-33(27,28)22-18(30-3)6-5-7-19(22)31-4/h5-13H,1-4H3,(H,24,25). The van der Waals surface area contributed by atoms with Gasteiger partial charge in [-0.05, 0) is 29.8 Å². The first kappa shape index (κ1) is 22.2. The van der Waals surface area contributed by atoms with E-state index in [-0.39, 0.29) is 22.2 Å². The molecule has 0 radical (unpaired) electrons. The van der Waals surface area contributed by atoms with Gasteiger partial charge in [0.25, 0.3) is 10.0 Å². The number of aromatic nitrogens is 3. The van der Waals surface area contributed by atoms with Crippen LogP contribution in [0, 0.1) is 0 Å². The van der Waals surface area contributed by atoms with Crippen LogP contribution >= 0.6 is 0 Å². The first-order valence-corrected chi connectivity index (χ1v) is 11.2. The van der Waals surface area contributed by atoms with Crippen molar-refractivity contribution in [1.29, 1.82) is 0 Å². The summed E-state index contributed by atoms with van der Waals surface area (Å²) in [6.45, 7) is 0. The van der Waals surface area contributed by atoms with E-state index in [1.165, 1.54) is 39.5 Å². The molecule has 172 valence electrons. The quantitative estimate of drug-likeness (QED) is 0.415. The summed E-state index contributed by atoms with van der Waals surface area (Å²) in [6.07, 6.45) is 3.62. The Kier molecular flexibility index (Phi) is 5.97. The van der Waals surface area contributed by atoms with Crippen molar-refractivity contribution >= 4 is 15.8 Å². The van der Waals surface area contributed by atoms with Crippen molar-refractivity contribution in [3.63, 3.8) is 0 Å². The van der Waals surface area contributed by atoms with Crippen LogP contribution in [0.15, 0.2) is 64.3 Å². The number of sulfonamides is 1. The molecule has 11 heteroatoms. The highest BCUT2D eigenvalue weighted by Gasteiger charge is 2.26. The maximum atomic E-state index is 13.1. The Morgan fingerprint density at radius 1 is 0.939 bits per heavy atom. The van der Waals surface area contributed by atoms with E-state index in [9.17, 15) is 8.42 Å². The molecule has 0 saturated carbocycles. The maximum Gasteiger partial charge on any atom is 0.270 e. The molecule has 0 bridgehead atoms. The van der Waals surface area contributed by atoms with Crippen molar-refractivity contribution in [2.24, 2.45) is 7.05 Å². The number of rotatable bonds is 8. The van der Waals surface area contributed by atoms with Gasteiger partial charge in [0, 0.05) is 24.9 Å². The first-order chi connectivity index (χ1) is 15.9. The maximum absolute atomic E-state index is 13.1. The Morgan fingerprint density at radius 3 is 2.24 bits per heavy atom. The monoisotopic (exact) mass is 470 g/mol. The molecule has 0 amide bonds. The Balaban J connectivity index is 1.69. The summed E-state index contributed by atoms with van der Waals surface area (Å²) in [6, 6.07) is 11.7. The fraction of sp³-hybridized carbons (Fsp3) is 0.182. The highest BCUT2D eigenvalue weighted by atomic mass is 32.2. The van der Waals surface area contributed by atoms with Crippen molar-refractivity contribution in [2.45, 2.75) is 4.90 Å². The highest BCUT2D eigenvalue weighted by Crippen LogP contribution is 2.37. The molecular weight excluding hydrogens is 448 g/mol. The highest BCUT2D eigenvalue weighted by molar-refractivity contribution is 7.93. The van der Waals surface area contributed by atoms with Gasteiger partial charge in [0.2, 0.25) is 0 Å². The molecule has 0 aliphatic heterocycles. The fourth-order valence-electron chi connectivity index (χ4n) is 3.37. The van der Waals surface area contributed by atoms with Crippen LogP contribution in [0.1, 0.15) is 0 Å². The predicted molar refractivity (Wildman–Crippen MR) is 121 cm³/mol. The van der Waals surface area contributed by atoms with Crippen LogP contribution in [0.3, 0.4) is 0 Å². The van der Waals surface area contributed by atoms with Crippen molar-refractivity contribution in [3.05, 3.63) is 54.9 Å².